The highest BCUT2D eigenvalue weighted by Gasteiger charge is 2.27. The maximum absolute atomic E-state index is 13.6. The average Bonchev–Trinajstić information content (AvgIpc) is 3.01. The Kier molecular flexibility index (Phi) is 3.68. The summed E-state index contributed by atoms with van der Waals surface area (Å²) in [6, 6.07) is 4.65. The summed E-state index contributed by atoms with van der Waals surface area (Å²) in [5, 5.41) is 0.0971. The molecule has 4 nitrogen and oxygen atoms in total. The number of carbonyl (C=O) groups is 1. The second-order valence-electron chi connectivity index (χ2n) is 5.38. The van der Waals surface area contributed by atoms with Crippen molar-refractivity contribution in [3.63, 3.8) is 0 Å². The molecule has 0 aliphatic carbocycles. The van der Waals surface area contributed by atoms with E-state index in [-0.39, 0.29) is 16.8 Å². The molecule has 2 aromatic rings. The van der Waals surface area contributed by atoms with Crippen LogP contribution >= 0.6 is 11.6 Å². The molecule has 0 bridgehead atoms. The lowest BCUT2D eigenvalue weighted by molar-refractivity contribution is -0.126. The van der Waals surface area contributed by atoms with Crippen LogP contribution < -0.4 is 0 Å². The van der Waals surface area contributed by atoms with Crippen LogP contribution in [0.5, 0.6) is 0 Å². The van der Waals surface area contributed by atoms with Gasteiger partial charge >= 0.3 is 0 Å². The van der Waals surface area contributed by atoms with E-state index in [0.717, 1.165) is 6.54 Å². The average molecular weight is 308 g/mol. The molecule has 21 heavy (non-hydrogen) atoms. The fourth-order valence-electron chi connectivity index (χ4n) is 2.71. The lowest BCUT2D eigenvalue weighted by atomic mass is 10.1. The summed E-state index contributed by atoms with van der Waals surface area (Å²) in [5.41, 5.74) is 0.680. The third kappa shape index (κ3) is 2.78. The van der Waals surface area contributed by atoms with Gasteiger partial charge in [0, 0.05) is 50.4 Å². The van der Waals surface area contributed by atoms with Crippen molar-refractivity contribution in [3.05, 3.63) is 41.4 Å². The van der Waals surface area contributed by atoms with E-state index in [1.54, 1.807) is 17.2 Å². The largest absolute Gasteiger partial charge is 0.345 e. The van der Waals surface area contributed by atoms with Gasteiger partial charge in [0.25, 0.3) is 0 Å². The number of rotatable bonds is 3. The highest BCUT2D eigenvalue weighted by Crippen LogP contribution is 2.25. The molecule has 0 saturated carbocycles. The van der Waals surface area contributed by atoms with Gasteiger partial charge in [0.15, 0.2) is 0 Å². The first kappa shape index (κ1) is 14.1. The van der Waals surface area contributed by atoms with E-state index >= 15 is 0 Å². The molecule has 1 amide bonds. The summed E-state index contributed by atoms with van der Waals surface area (Å²) < 4.78 is 15.5. The molecule has 0 N–H and O–H groups in total. The van der Waals surface area contributed by atoms with Gasteiger partial charge in [0.05, 0.1) is 5.02 Å². The van der Waals surface area contributed by atoms with Crippen LogP contribution in [-0.4, -0.2) is 34.0 Å². The second-order valence-corrected chi connectivity index (χ2v) is 5.78. The van der Waals surface area contributed by atoms with E-state index in [1.165, 1.54) is 12.1 Å². The topological polar surface area (TPSA) is 38.1 Å². The first-order valence-corrected chi connectivity index (χ1v) is 7.13. The highest BCUT2D eigenvalue weighted by molar-refractivity contribution is 6.30. The number of aromatic nitrogens is 2. The van der Waals surface area contributed by atoms with Gasteiger partial charge < -0.3 is 9.47 Å². The van der Waals surface area contributed by atoms with Gasteiger partial charge in [0.1, 0.15) is 11.6 Å². The molecule has 3 rings (SSSR count). The Morgan fingerprint density at radius 3 is 2.95 bits per heavy atom. The van der Waals surface area contributed by atoms with Crippen molar-refractivity contribution < 1.29 is 9.18 Å². The molecule has 1 atom stereocenters. The molecule has 1 aliphatic rings. The minimum absolute atomic E-state index is 0.0971. The fraction of sp³-hybridized carbons (Fsp3) is 0.333. The Morgan fingerprint density at radius 1 is 1.48 bits per heavy atom. The van der Waals surface area contributed by atoms with Crippen LogP contribution in [0.4, 0.5) is 4.39 Å². The zero-order valence-electron chi connectivity index (χ0n) is 11.6. The smallest absolute Gasteiger partial charge is 0.222 e. The number of halogens is 2. The Bertz CT molecular complexity index is 685. The minimum atomic E-state index is -0.459. The van der Waals surface area contributed by atoms with Crippen LogP contribution in [0.2, 0.25) is 5.02 Å². The van der Waals surface area contributed by atoms with Crippen LogP contribution in [0.25, 0.3) is 11.4 Å². The molecule has 1 aromatic heterocycles. The van der Waals surface area contributed by atoms with Crippen LogP contribution in [0.15, 0.2) is 30.6 Å². The molecule has 1 fully saturated rings. The Balaban J connectivity index is 1.84. The quantitative estimate of drug-likeness (QED) is 0.874. The number of amides is 1. The Hall–Kier alpha value is -1.88. The lowest BCUT2D eigenvalue weighted by Crippen LogP contribution is -2.20. The van der Waals surface area contributed by atoms with Gasteiger partial charge in [-0.3, -0.25) is 4.79 Å². The standard InChI is InChI=1S/C15H15ClFN3O/c1-19-8-10(6-14(19)21)9-20-5-4-18-15(20)11-2-3-12(16)13(17)7-11/h2-5,7,10H,6,8-9H2,1H3. The van der Waals surface area contributed by atoms with E-state index in [0.29, 0.717) is 24.4 Å². The summed E-state index contributed by atoms with van der Waals surface area (Å²) in [7, 11) is 1.81. The van der Waals surface area contributed by atoms with E-state index < -0.39 is 5.82 Å². The normalized spacial score (nSPS) is 18.5. The maximum Gasteiger partial charge on any atom is 0.222 e. The summed E-state index contributed by atoms with van der Waals surface area (Å²) >= 11 is 5.71. The van der Waals surface area contributed by atoms with Gasteiger partial charge in [-0.15, -0.1) is 0 Å². The zero-order chi connectivity index (χ0) is 15.0. The van der Waals surface area contributed by atoms with Crippen LogP contribution in [0.1, 0.15) is 6.42 Å². The molecular weight excluding hydrogens is 293 g/mol. The van der Waals surface area contributed by atoms with E-state index in [9.17, 15) is 9.18 Å². The third-order valence-corrected chi connectivity index (χ3v) is 4.08. The summed E-state index contributed by atoms with van der Waals surface area (Å²) in [6.45, 7) is 1.43. The minimum Gasteiger partial charge on any atom is -0.345 e. The van der Waals surface area contributed by atoms with Crippen LogP contribution in [0, 0.1) is 11.7 Å². The number of likely N-dealkylation sites (tertiary alicyclic amines) is 1. The molecule has 6 heteroatoms. The Labute approximate surface area is 127 Å². The predicted octanol–water partition coefficient (Wildman–Crippen LogP) is 2.82. The first-order valence-electron chi connectivity index (χ1n) is 6.75. The molecule has 0 spiro atoms. The fourth-order valence-corrected chi connectivity index (χ4v) is 2.83. The maximum atomic E-state index is 13.6. The SMILES string of the molecule is CN1CC(Cn2ccnc2-c2ccc(Cl)c(F)c2)CC1=O. The number of hydrogen-bond acceptors (Lipinski definition) is 2. The number of nitrogens with zero attached hydrogens (tertiary/aromatic N) is 3. The van der Waals surface area contributed by atoms with Gasteiger partial charge in [0.2, 0.25) is 5.91 Å². The number of carbonyl (C=O) groups excluding carboxylic acids is 1. The number of hydrogen-bond donors (Lipinski definition) is 0. The van der Waals surface area contributed by atoms with E-state index in [1.807, 2.05) is 17.8 Å². The summed E-state index contributed by atoms with van der Waals surface area (Å²) in [4.78, 5) is 17.6. The molecular formula is C15H15ClFN3O. The van der Waals surface area contributed by atoms with Crippen molar-refractivity contribution in [2.45, 2.75) is 13.0 Å². The van der Waals surface area contributed by atoms with Gasteiger partial charge in [-0.05, 0) is 18.2 Å². The molecule has 1 saturated heterocycles. The number of imidazole rings is 1. The molecule has 1 aliphatic heterocycles. The van der Waals surface area contributed by atoms with Crippen molar-refractivity contribution in [2.75, 3.05) is 13.6 Å². The van der Waals surface area contributed by atoms with Crippen LogP contribution in [-0.2, 0) is 11.3 Å². The van der Waals surface area contributed by atoms with Gasteiger partial charge in [-0.1, -0.05) is 11.6 Å². The monoisotopic (exact) mass is 307 g/mol. The molecule has 1 aromatic carbocycles. The van der Waals surface area contributed by atoms with E-state index in [4.69, 9.17) is 11.6 Å². The first-order chi connectivity index (χ1) is 10.0. The Morgan fingerprint density at radius 2 is 2.29 bits per heavy atom. The molecule has 0 radical (unpaired) electrons. The van der Waals surface area contributed by atoms with E-state index in [2.05, 4.69) is 4.98 Å². The molecule has 1 unspecified atom stereocenters. The van der Waals surface area contributed by atoms with Gasteiger partial charge in [-0.2, -0.15) is 0 Å². The lowest BCUT2D eigenvalue weighted by Gasteiger charge is -2.13. The predicted molar refractivity (Wildman–Crippen MR) is 78.4 cm³/mol. The number of benzene rings is 1. The molecule has 110 valence electrons. The van der Waals surface area contributed by atoms with Crippen molar-refractivity contribution in [2.24, 2.45) is 5.92 Å². The van der Waals surface area contributed by atoms with Gasteiger partial charge in [-0.25, -0.2) is 9.37 Å². The van der Waals surface area contributed by atoms with Crippen molar-refractivity contribution in [3.8, 4) is 11.4 Å². The van der Waals surface area contributed by atoms with Crippen LogP contribution in [0.3, 0.4) is 0 Å². The highest BCUT2D eigenvalue weighted by atomic mass is 35.5. The van der Waals surface area contributed by atoms with Crippen molar-refractivity contribution in [1.82, 2.24) is 14.5 Å². The summed E-state index contributed by atoms with van der Waals surface area (Å²) in [6.07, 6.45) is 4.08. The molecule has 2 heterocycles. The second kappa shape index (κ2) is 5.48. The van der Waals surface area contributed by atoms with Crippen molar-refractivity contribution in [1.29, 1.82) is 0 Å². The third-order valence-electron chi connectivity index (χ3n) is 3.77. The van der Waals surface area contributed by atoms with Crippen molar-refractivity contribution >= 4 is 17.5 Å². The summed E-state index contributed by atoms with van der Waals surface area (Å²) in [5.74, 6) is 0.652. The zero-order valence-corrected chi connectivity index (χ0v) is 12.3.